The van der Waals surface area contributed by atoms with Crippen molar-refractivity contribution >= 4 is 11.5 Å². The maximum absolute atomic E-state index is 6.03. The number of benzene rings is 1. The van der Waals surface area contributed by atoms with Crippen molar-refractivity contribution in [3.63, 3.8) is 0 Å². The highest BCUT2D eigenvalue weighted by Gasteiger charge is 2.24. The molecule has 2 N–H and O–H groups in total. The van der Waals surface area contributed by atoms with Gasteiger partial charge in [-0.1, -0.05) is 18.2 Å². The first-order valence-corrected chi connectivity index (χ1v) is 6.42. The maximum atomic E-state index is 6.03. The molecule has 94 valence electrons. The molecule has 1 unspecified atom stereocenters. The number of hydrogen-bond acceptors (Lipinski definition) is 4. The number of fused-ring (bicyclic) bond motifs is 1. The Morgan fingerprint density at radius 3 is 3.00 bits per heavy atom. The standard InChI is InChI=1S/C14H18N4/c1-2-17-9-8-13(16-14(17)15)18-10-7-11-5-3-4-6-12(11)18/h3-6,8-9,14H,2,7,10,15H2,1H3. The first-order chi connectivity index (χ1) is 8.79. The van der Waals surface area contributed by atoms with Crippen LogP contribution in [0.1, 0.15) is 12.5 Å². The third-order valence-corrected chi connectivity index (χ3v) is 3.55. The molecule has 0 saturated heterocycles. The monoisotopic (exact) mass is 242 g/mol. The molecule has 3 rings (SSSR count). The zero-order valence-electron chi connectivity index (χ0n) is 10.6. The quantitative estimate of drug-likeness (QED) is 0.812. The molecule has 1 atom stereocenters. The Morgan fingerprint density at radius 2 is 2.22 bits per heavy atom. The van der Waals surface area contributed by atoms with Crippen LogP contribution in [-0.2, 0) is 6.42 Å². The van der Waals surface area contributed by atoms with Gasteiger partial charge in [0, 0.05) is 25.0 Å². The second kappa shape index (κ2) is 4.46. The average Bonchev–Trinajstić information content (AvgIpc) is 2.82. The second-order valence-electron chi connectivity index (χ2n) is 4.58. The van der Waals surface area contributed by atoms with E-state index in [9.17, 15) is 0 Å². The number of nitrogens with zero attached hydrogens (tertiary/aromatic N) is 3. The van der Waals surface area contributed by atoms with Crippen LogP contribution in [0.25, 0.3) is 0 Å². The third-order valence-electron chi connectivity index (χ3n) is 3.55. The zero-order chi connectivity index (χ0) is 12.5. The summed E-state index contributed by atoms with van der Waals surface area (Å²) in [4.78, 5) is 8.84. The van der Waals surface area contributed by atoms with E-state index in [1.165, 1.54) is 11.3 Å². The zero-order valence-corrected chi connectivity index (χ0v) is 10.6. The van der Waals surface area contributed by atoms with Gasteiger partial charge in [-0.3, -0.25) is 5.73 Å². The van der Waals surface area contributed by atoms with Crippen molar-refractivity contribution in [3.05, 3.63) is 42.1 Å². The predicted octanol–water partition coefficient (Wildman–Crippen LogP) is 1.54. The molecule has 4 heteroatoms. The van der Waals surface area contributed by atoms with E-state index in [0.717, 1.165) is 25.3 Å². The summed E-state index contributed by atoms with van der Waals surface area (Å²) in [6.07, 6.45) is 4.90. The summed E-state index contributed by atoms with van der Waals surface area (Å²) in [5.74, 6) is 0.970. The Bertz CT molecular complexity index is 506. The topological polar surface area (TPSA) is 44.9 Å². The predicted molar refractivity (Wildman–Crippen MR) is 74.4 cm³/mol. The van der Waals surface area contributed by atoms with Gasteiger partial charge in [0.15, 0.2) is 6.29 Å². The van der Waals surface area contributed by atoms with Crippen LogP contribution in [0.3, 0.4) is 0 Å². The van der Waals surface area contributed by atoms with E-state index in [1.54, 1.807) is 0 Å². The van der Waals surface area contributed by atoms with Gasteiger partial charge in [-0.2, -0.15) is 0 Å². The number of anilines is 1. The summed E-state index contributed by atoms with van der Waals surface area (Å²) >= 11 is 0. The Balaban J connectivity index is 1.88. The van der Waals surface area contributed by atoms with E-state index in [1.807, 2.05) is 11.1 Å². The van der Waals surface area contributed by atoms with Crippen LogP contribution in [0.5, 0.6) is 0 Å². The molecular formula is C14H18N4. The fourth-order valence-corrected chi connectivity index (χ4v) is 2.53. The van der Waals surface area contributed by atoms with Crippen LogP contribution < -0.4 is 10.6 Å². The lowest BCUT2D eigenvalue weighted by molar-refractivity contribution is 0.300. The van der Waals surface area contributed by atoms with Crippen molar-refractivity contribution in [3.8, 4) is 0 Å². The van der Waals surface area contributed by atoms with Gasteiger partial charge in [-0.25, -0.2) is 4.99 Å². The van der Waals surface area contributed by atoms with Gasteiger partial charge >= 0.3 is 0 Å². The summed E-state index contributed by atoms with van der Waals surface area (Å²) in [5.41, 5.74) is 8.68. The van der Waals surface area contributed by atoms with E-state index >= 15 is 0 Å². The van der Waals surface area contributed by atoms with Gasteiger partial charge in [0.2, 0.25) is 0 Å². The number of rotatable bonds is 1. The number of nitrogens with two attached hydrogens (primary N) is 1. The Morgan fingerprint density at radius 1 is 1.39 bits per heavy atom. The summed E-state index contributed by atoms with van der Waals surface area (Å²) in [7, 11) is 0. The number of aliphatic imine (C=N–C) groups is 1. The van der Waals surface area contributed by atoms with E-state index in [-0.39, 0.29) is 6.29 Å². The van der Waals surface area contributed by atoms with Crippen molar-refractivity contribution < 1.29 is 0 Å². The van der Waals surface area contributed by atoms with E-state index in [2.05, 4.69) is 47.2 Å². The summed E-state index contributed by atoms with van der Waals surface area (Å²) < 4.78 is 0. The largest absolute Gasteiger partial charge is 0.344 e. The minimum Gasteiger partial charge on any atom is -0.344 e. The highest BCUT2D eigenvalue weighted by molar-refractivity contribution is 6.07. The molecule has 0 aliphatic carbocycles. The molecule has 0 aromatic heterocycles. The van der Waals surface area contributed by atoms with Gasteiger partial charge in [0.1, 0.15) is 5.84 Å². The molecule has 0 saturated carbocycles. The Kier molecular flexibility index (Phi) is 2.80. The van der Waals surface area contributed by atoms with Crippen LogP contribution in [0.15, 0.2) is 41.5 Å². The molecule has 4 nitrogen and oxygen atoms in total. The molecule has 2 aliphatic heterocycles. The summed E-state index contributed by atoms with van der Waals surface area (Å²) in [6.45, 7) is 3.95. The molecule has 0 radical (unpaired) electrons. The molecule has 0 spiro atoms. The van der Waals surface area contributed by atoms with Crippen LogP contribution in [0.2, 0.25) is 0 Å². The fraction of sp³-hybridized carbons (Fsp3) is 0.357. The fourth-order valence-electron chi connectivity index (χ4n) is 2.53. The normalized spacial score (nSPS) is 22.1. The van der Waals surface area contributed by atoms with Gasteiger partial charge in [0.25, 0.3) is 0 Å². The molecule has 0 fully saturated rings. The molecule has 1 aromatic carbocycles. The number of hydrogen-bond donors (Lipinski definition) is 1. The lowest BCUT2D eigenvalue weighted by Crippen LogP contribution is -2.42. The molecule has 0 amide bonds. The Labute approximate surface area is 107 Å². The van der Waals surface area contributed by atoms with Crippen molar-refractivity contribution in [1.82, 2.24) is 4.90 Å². The lowest BCUT2D eigenvalue weighted by atomic mass is 10.2. The highest BCUT2D eigenvalue weighted by Crippen LogP contribution is 2.28. The maximum Gasteiger partial charge on any atom is 0.175 e. The molecule has 0 bridgehead atoms. The van der Waals surface area contributed by atoms with Crippen LogP contribution in [-0.4, -0.2) is 30.1 Å². The molecule has 2 aliphatic rings. The van der Waals surface area contributed by atoms with Gasteiger partial charge in [-0.15, -0.1) is 0 Å². The first-order valence-electron chi connectivity index (χ1n) is 6.42. The first kappa shape index (κ1) is 11.3. The van der Waals surface area contributed by atoms with Crippen molar-refractivity contribution in [2.45, 2.75) is 19.6 Å². The molecule has 1 aromatic rings. The lowest BCUT2D eigenvalue weighted by Gasteiger charge is -2.30. The minimum absolute atomic E-state index is 0.261. The summed E-state index contributed by atoms with van der Waals surface area (Å²) in [5, 5.41) is 0. The van der Waals surface area contributed by atoms with Gasteiger partial charge < -0.3 is 9.80 Å². The van der Waals surface area contributed by atoms with Gasteiger partial charge in [0.05, 0.1) is 0 Å². The molecular weight excluding hydrogens is 224 g/mol. The van der Waals surface area contributed by atoms with Crippen molar-refractivity contribution in [2.75, 3.05) is 18.0 Å². The van der Waals surface area contributed by atoms with Gasteiger partial charge in [-0.05, 0) is 31.1 Å². The molecule has 18 heavy (non-hydrogen) atoms. The molecule has 2 heterocycles. The number of amidine groups is 1. The van der Waals surface area contributed by atoms with Crippen LogP contribution in [0, 0.1) is 0 Å². The highest BCUT2D eigenvalue weighted by atomic mass is 15.3. The van der Waals surface area contributed by atoms with Crippen LogP contribution in [0.4, 0.5) is 5.69 Å². The van der Waals surface area contributed by atoms with Crippen molar-refractivity contribution in [1.29, 1.82) is 0 Å². The SMILES string of the molecule is CCN1C=CC(N2CCc3ccccc32)=NC1N. The summed E-state index contributed by atoms with van der Waals surface area (Å²) in [6, 6.07) is 8.49. The van der Waals surface area contributed by atoms with E-state index in [0.29, 0.717) is 0 Å². The number of para-hydroxylation sites is 1. The average molecular weight is 242 g/mol. The Hall–Kier alpha value is -1.81. The van der Waals surface area contributed by atoms with E-state index in [4.69, 9.17) is 5.73 Å². The van der Waals surface area contributed by atoms with E-state index < -0.39 is 0 Å². The second-order valence-corrected chi connectivity index (χ2v) is 4.58. The smallest absolute Gasteiger partial charge is 0.175 e. The third kappa shape index (κ3) is 1.78. The van der Waals surface area contributed by atoms with Crippen molar-refractivity contribution in [2.24, 2.45) is 10.7 Å². The van der Waals surface area contributed by atoms with Crippen LogP contribution >= 0.6 is 0 Å². The minimum atomic E-state index is -0.261.